The highest BCUT2D eigenvalue weighted by Crippen LogP contribution is 2.22. The average Bonchev–Trinajstić information content (AvgIpc) is 2.74. The van der Waals surface area contributed by atoms with E-state index < -0.39 is 10.8 Å². The summed E-state index contributed by atoms with van der Waals surface area (Å²) in [5.41, 5.74) is 0.767. The molecule has 0 aromatic heterocycles. The number of carbonyl (C=O) groups excluding carboxylic acids is 1. The Morgan fingerprint density at radius 3 is 2.61 bits per heavy atom. The molecule has 1 unspecified atom stereocenters. The van der Waals surface area contributed by atoms with Crippen molar-refractivity contribution >= 4 is 23.4 Å². The Kier molecular flexibility index (Phi) is 3.40. The summed E-state index contributed by atoms with van der Waals surface area (Å²) >= 11 is 5.80. The number of quaternary nitrogens is 1. The molecule has 1 heterocycles. The predicted molar refractivity (Wildman–Crippen MR) is 65.4 cm³/mol. The molecule has 1 aromatic carbocycles. The molecule has 0 fully saturated rings. The fourth-order valence-corrected chi connectivity index (χ4v) is 1.58. The van der Waals surface area contributed by atoms with Gasteiger partial charge in [-0.15, -0.1) is 0 Å². The number of hydrogen-bond acceptors (Lipinski definition) is 5. The summed E-state index contributed by atoms with van der Waals surface area (Å²) in [6.07, 6.45) is 0. The first-order valence-electron chi connectivity index (χ1n) is 5.42. The van der Waals surface area contributed by atoms with Crippen molar-refractivity contribution in [3.8, 4) is 0 Å². The molecule has 0 saturated carbocycles. The number of benzene rings is 1. The van der Waals surface area contributed by atoms with Gasteiger partial charge < -0.3 is 0 Å². The zero-order valence-electron chi connectivity index (χ0n) is 10.00. The van der Waals surface area contributed by atoms with Crippen molar-refractivity contribution in [2.24, 2.45) is 15.4 Å². The summed E-state index contributed by atoms with van der Waals surface area (Å²) in [7, 11) is 0. The lowest BCUT2D eigenvalue weighted by molar-refractivity contribution is -1.10. The second-order valence-electron chi connectivity index (χ2n) is 3.68. The van der Waals surface area contributed by atoms with E-state index in [0.717, 1.165) is 5.56 Å². The third kappa shape index (κ3) is 2.55. The number of nitrogens with zero attached hydrogens (tertiary/aromatic N) is 4. The van der Waals surface area contributed by atoms with Gasteiger partial charge in [-0.25, -0.2) is 9.63 Å². The van der Waals surface area contributed by atoms with E-state index in [-0.39, 0.29) is 0 Å². The molecule has 0 spiro atoms. The lowest BCUT2D eigenvalue weighted by atomic mass is 10.2. The van der Waals surface area contributed by atoms with Crippen molar-refractivity contribution in [1.29, 1.82) is 0 Å². The van der Waals surface area contributed by atoms with E-state index in [1.165, 1.54) is 6.92 Å². The van der Waals surface area contributed by atoms with E-state index in [2.05, 4.69) is 15.4 Å². The second kappa shape index (κ2) is 4.83. The van der Waals surface area contributed by atoms with Crippen molar-refractivity contribution in [3.63, 3.8) is 0 Å². The van der Waals surface area contributed by atoms with Gasteiger partial charge in [-0.3, -0.25) is 0 Å². The molecule has 1 aromatic rings. The molecule has 0 radical (unpaired) electrons. The van der Waals surface area contributed by atoms with Gasteiger partial charge in [-0.2, -0.15) is 0 Å². The van der Waals surface area contributed by atoms with Gasteiger partial charge >= 0.3 is 5.97 Å². The molecule has 2 rings (SSSR count). The fourth-order valence-electron chi connectivity index (χ4n) is 1.46. The zero-order chi connectivity index (χ0) is 13.2. The van der Waals surface area contributed by atoms with Crippen molar-refractivity contribution in [2.45, 2.75) is 13.8 Å². The number of amidine groups is 1. The van der Waals surface area contributed by atoms with Gasteiger partial charge in [0.05, 0.1) is 0 Å². The lowest BCUT2D eigenvalue weighted by Crippen LogP contribution is -2.37. The maximum absolute atomic E-state index is 11.0. The Hall–Kier alpha value is -1.79. The van der Waals surface area contributed by atoms with Crippen LogP contribution in [-0.4, -0.2) is 23.2 Å². The minimum atomic E-state index is -0.507. The first-order chi connectivity index (χ1) is 8.54. The second-order valence-corrected chi connectivity index (χ2v) is 4.12. The van der Waals surface area contributed by atoms with Crippen molar-refractivity contribution < 1.29 is 14.5 Å². The van der Waals surface area contributed by atoms with Crippen molar-refractivity contribution in [2.75, 3.05) is 6.54 Å². The topological polar surface area (TPSA) is 63.4 Å². The maximum atomic E-state index is 11.0. The predicted octanol–water partition coefficient (Wildman–Crippen LogP) is 2.70. The van der Waals surface area contributed by atoms with Crippen molar-refractivity contribution in [3.05, 3.63) is 34.9 Å². The van der Waals surface area contributed by atoms with E-state index in [4.69, 9.17) is 16.4 Å². The smallest absolute Gasteiger partial charge is 0.245 e. The number of carbonyl (C=O) groups is 1. The summed E-state index contributed by atoms with van der Waals surface area (Å²) in [5, 5.41) is 12.7. The summed E-state index contributed by atoms with van der Waals surface area (Å²) in [5.74, 6) is -0.0494. The van der Waals surface area contributed by atoms with Gasteiger partial charge in [0.15, 0.2) is 6.54 Å². The van der Waals surface area contributed by atoms with Crippen LogP contribution in [0.5, 0.6) is 0 Å². The summed E-state index contributed by atoms with van der Waals surface area (Å²) in [6.45, 7) is 3.48. The number of halogens is 1. The first kappa shape index (κ1) is 12.7. The van der Waals surface area contributed by atoms with Crippen LogP contribution in [0.2, 0.25) is 5.02 Å². The number of hydrogen-bond donors (Lipinski definition) is 0. The molecule has 0 amide bonds. The molecule has 1 aliphatic rings. The van der Waals surface area contributed by atoms with Gasteiger partial charge in [-0.05, 0) is 31.2 Å². The highest BCUT2D eigenvalue weighted by molar-refractivity contribution is 6.30. The van der Waals surface area contributed by atoms with Crippen LogP contribution in [0.4, 0.5) is 0 Å². The fraction of sp³-hybridized carbons (Fsp3) is 0.273. The van der Waals surface area contributed by atoms with Crippen LogP contribution >= 0.6 is 11.6 Å². The normalized spacial score (nSPS) is 21.8. The number of rotatable bonds is 3. The number of hydroxylamine groups is 1. The molecule has 1 aliphatic heterocycles. The van der Waals surface area contributed by atoms with Crippen LogP contribution in [0.25, 0.3) is 0 Å². The largest absolute Gasteiger partial charge is 0.371 e. The molecule has 7 heteroatoms. The van der Waals surface area contributed by atoms with Gasteiger partial charge in [0.1, 0.15) is 10.1 Å². The van der Waals surface area contributed by atoms with Crippen LogP contribution in [0.15, 0.2) is 39.7 Å². The molecule has 94 valence electrons. The maximum Gasteiger partial charge on any atom is 0.371 e. The minimum absolute atomic E-state index is 0.375. The van der Waals surface area contributed by atoms with Gasteiger partial charge in [0.2, 0.25) is 5.84 Å². The van der Waals surface area contributed by atoms with E-state index in [9.17, 15) is 4.79 Å². The van der Waals surface area contributed by atoms with E-state index in [1.807, 2.05) is 0 Å². The highest BCUT2D eigenvalue weighted by Gasteiger charge is 2.38. The quantitative estimate of drug-likeness (QED) is 0.791. The first-order valence-corrected chi connectivity index (χ1v) is 5.80. The Bertz CT molecular complexity index is 526. The Balaban J connectivity index is 2.29. The summed E-state index contributed by atoms with van der Waals surface area (Å²) in [6, 6.07) is 7.03. The Morgan fingerprint density at radius 1 is 1.39 bits per heavy atom. The zero-order valence-corrected chi connectivity index (χ0v) is 10.8. The van der Waals surface area contributed by atoms with Gasteiger partial charge in [0, 0.05) is 22.6 Å². The summed E-state index contributed by atoms with van der Waals surface area (Å²) in [4.78, 5) is 15.6. The SMILES string of the molecule is CC[N+]1(OC(C)=O)N=NC(c2ccc(Cl)cc2)=N1. The monoisotopic (exact) mass is 267 g/mol. The van der Waals surface area contributed by atoms with Crippen LogP contribution in [0, 0.1) is 0 Å². The molecule has 0 bridgehead atoms. The molecule has 0 N–H and O–H groups in total. The van der Waals surface area contributed by atoms with Crippen LogP contribution in [-0.2, 0) is 9.63 Å². The minimum Gasteiger partial charge on any atom is -0.245 e. The van der Waals surface area contributed by atoms with Gasteiger partial charge in [0.25, 0.3) is 0 Å². The molecule has 6 nitrogen and oxygen atoms in total. The lowest BCUT2D eigenvalue weighted by Gasteiger charge is -2.14. The van der Waals surface area contributed by atoms with Crippen molar-refractivity contribution in [1.82, 2.24) is 0 Å². The third-order valence-corrected chi connectivity index (χ3v) is 2.57. The van der Waals surface area contributed by atoms with E-state index in [0.29, 0.717) is 17.4 Å². The molecule has 1 atom stereocenters. The molecule has 0 saturated heterocycles. The van der Waals surface area contributed by atoms with E-state index in [1.54, 1.807) is 31.2 Å². The summed E-state index contributed by atoms with van der Waals surface area (Å²) < 4.78 is 0. The third-order valence-electron chi connectivity index (χ3n) is 2.32. The van der Waals surface area contributed by atoms with Gasteiger partial charge in [-0.1, -0.05) is 16.7 Å². The molecule has 0 aliphatic carbocycles. The standard InChI is InChI=1S/C11H12ClN4O2/c1-3-16(18-8(2)17)14-11(13-15-16)9-4-6-10(12)7-5-9/h4-7H,3H2,1-2H3/q+1. The van der Waals surface area contributed by atoms with E-state index >= 15 is 0 Å². The Labute approximate surface area is 109 Å². The molecular weight excluding hydrogens is 256 g/mol. The average molecular weight is 268 g/mol. The molecule has 18 heavy (non-hydrogen) atoms. The molecular formula is C11H12ClN4O2+. The van der Waals surface area contributed by atoms with Crippen LogP contribution in [0.1, 0.15) is 19.4 Å². The Morgan fingerprint density at radius 2 is 2.06 bits per heavy atom. The highest BCUT2D eigenvalue weighted by atomic mass is 35.5. The van der Waals surface area contributed by atoms with Crippen LogP contribution in [0.3, 0.4) is 0 Å². The van der Waals surface area contributed by atoms with Crippen LogP contribution < -0.4 is 0 Å².